The van der Waals surface area contributed by atoms with Crippen LogP contribution in [0.4, 0.5) is 11.4 Å². The maximum absolute atomic E-state index is 5.56. The number of hydrogen-bond donors (Lipinski definition) is 0. The summed E-state index contributed by atoms with van der Waals surface area (Å²) in [6.45, 7) is 23.7. The molecule has 1 aromatic heterocycles. The fourth-order valence-corrected chi connectivity index (χ4v) is 14.1. The molecule has 70 heavy (non-hydrogen) atoms. The Labute approximate surface area is 439 Å². The molecule has 0 aliphatic heterocycles. The molecule has 0 saturated carbocycles. The van der Waals surface area contributed by atoms with Crippen molar-refractivity contribution in [3.8, 4) is 0 Å². The number of aryl methyl sites for hydroxylation is 4. The Hall–Kier alpha value is -2.64. The third-order valence-corrected chi connectivity index (χ3v) is 20.6. The zero-order chi connectivity index (χ0) is 50.7. The molecule has 5 heteroatoms. The number of nitrogens with zero attached hydrogens (tertiary/aromatic N) is 3. The van der Waals surface area contributed by atoms with Gasteiger partial charge in [0.2, 0.25) is 0 Å². The maximum Gasteiger partial charge on any atom is 0.0849 e. The summed E-state index contributed by atoms with van der Waals surface area (Å²) in [5.41, 5.74) is 11.7. The lowest BCUT2D eigenvalue weighted by Gasteiger charge is -2.25. The van der Waals surface area contributed by atoms with Crippen LogP contribution in [0.3, 0.4) is 0 Å². The van der Waals surface area contributed by atoms with Crippen molar-refractivity contribution >= 4 is 41.8 Å². The van der Waals surface area contributed by atoms with E-state index in [1.165, 1.54) is 239 Å². The second-order valence-corrected chi connectivity index (χ2v) is 29.6. The fraction of sp³-hybridized carbons (Fsp3) is 0.708. The quantitative estimate of drug-likeness (QED) is 0.0317. The van der Waals surface area contributed by atoms with Crippen LogP contribution in [0.25, 0.3) is 0 Å². The van der Waals surface area contributed by atoms with Gasteiger partial charge >= 0.3 is 0 Å². The smallest absolute Gasteiger partial charge is 0.0849 e. The maximum atomic E-state index is 5.56. The SMILES string of the molecule is CCCCCCCCCCCCCCCCCC(C)(C)[SiH2]CC(=Nc1c(C)cccc1C)c1cccc(C(C[SiH2]C(C)(C)CCCCCCCCCCCCCCCCC)=Nc2c(C)cccc2C)n1. The topological polar surface area (TPSA) is 37.6 Å². The third kappa shape index (κ3) is 27.4. The minimum atomic E-state index is -0.494. The average molecular weight is 991 g/mol. The molecule has 3 nitrogen and oxygen atoms in total. The molecule has 0 aliphatic carbocycles. The molecule has 0 bridgehead atoms. The molecule has 2 aromatic carbocycles. The van der Waals surface area contributed by atoms with Gasteiger partial charge < -0.3 is 0 Å². The highest BCUT2D eigenvalue weighted by Crippen LogP contribution is 2.35. The number of aromatic nitrogens is 1. The highest BCUT2D eigenvalue weighted by molar-refractivity contribution is 6.47. The Bertz CT molecular complexity index is 1700. The Morgan fingerprint density at radius 3 is 0.886 bits per heavy atom. The van der Waals surface area contributed by atoms with Crippen LogP contribution in [0, 0.1) is 27.7 Å². The van der Waals surface area contributed by atoms with Gasteiger partial charge in [0.05, 0.1) is 34.2 Å². The molecular weight excluding hydrogens is 879 g/mol. The third-order valence-electron chi connectivity index (χ3n) is 15.7. The molecule has 0 amide bonds. The van der Waals surface area contributed by atoms with Gasteiger partial charge in [-0.15, -0.1) is 0 Å². The summed E-state index contributed by atoms with van der Waals surface area (Å²) in [6.07, 6.45) is 45.3. The Balaban J connectivity index is 1.61. The normalized spacial score (nSPS) is 13.0. The summed E-state index contributed by atoms with van der Waals surface area (Å²) in [4.78, 5) is 16.7. The van der Waals surface area contributed by atoms with Crippen LogP contribution in [0.15, 0.2) is 64.6 Å². The minimum Gasteiger partial charge on any atom is -0.251 e. The number of para-hydroxylation sites is 2. The number of aliphatic imine (C=N–C) groups is 2. The highest BCUT2D eigenvalue weighted by Gasteiger charge is 2.23. The molecule has 0 aliphatic rings. The van der Waals surface area contributed by atoms with Crippen molar-refractivity contribution in [2.24, 2.45) is 9.98 Å². The Morgan fingerprint density at radius 1 is 0.371 bits per heavy atom. The lowest BCUT2D eigenvalue weighted by atomic mass is 10.0. The van der Waals surface area contributed by atoms with E-state index >= 15 is 0 Å². The van der Waals surface area contributed by atoms with Crippen LogP contribution < -0.4 is 0 Å². The molecule has 1 heterocycles. The van der Waals surface area contributed by atoms with E-state index in [9.17, 15) is 0 Å². The summed E-state index contributed by atoms with van der Waals surface area (Å²) in [7, 11) is -0.987. The molecular formula is C65H111N3Si2. The van der Waals surface area contributed by atoms with Crippen LogP contribution in [-0.4, -0.2) is 35.4 Å². The molecule has 0 fully saturated rings. The van der Waals surface area contributed by atoms with E-state index in [0.717, 1.165) is 34.9 Å². The molecule has 3 aromatic rings. The van der Waals surface area contributed by atoms with Crippen molar-refractivity contribution in [2.45, 2.75) is 297 Å². The summed E-state index contributed by atoms with van der Waals surface area (Å²) >= 11 is 0. The second kappa shape index (κ2) is 37.1. The molecule has 394 valence electrons. The van der Waals surface area contributed by atoms with Crippen molar-refractivity contribution in [3.05, 3.63) is 88.2 Å². The van der Waals surface area contributed by atoms with Crippen molar-refractivity contribution < 1.29 is 0 Å². The van der Waals surface area contributed by atoms with E-state index in [1.807, 2.05) is 0 Å². The van der Waals surface area contributed by atoms with Crippen LogP contribution in [0.5, 0.6) is 0 Å². The standard InChI is InChI=1S/C65H111N3Si2/c1-11-13-15-17-19-21-23-25-27-29-31-33-35-37-39-50-64(7,8)69-52-60(67-62-54(3)44-41-45-55(62)4)58-48-43-49-59(66-58)61(68-63-56(5)46-42-47-57(63)6)53-70-65(9,10)51-40-38-36-34-32-30-28-26-24-22-20-18-16-14-12-2/h41-49H,11-40,50-53,69-70H2,1-10H3. The van der Waals surface area contributed by atoms with Crippen LogP contribution in [0.1, 0.15) is 281 Å². The van der Waals surface area contributed by atoms with Gasteiger partial charge in [0.15, 0.2) is 0 Å². The van der Waals surface area contributed by atoms with E-state index in [-0.39, 0.29) is 0 Å². The predicted molar refractivity (Wildman–Crippen MR) is 322 cm³/mol. The summed E-state index contributed by atoms with van der Waals surface area (Å²) in [5, 5.41) is 0.767. The van der Waals surface area contributed by atoms with E-state index in [1.54, 1.807) is 0 Å². The fourth-order valence-electron chi connectivity index (χ4n) is 10.6. The zero-order valence-corrected chi connectivity index (χ0v) is 50.8. The minimum absolute atomic E-state index is 0.383. The van der Waals surface area contributed by atoms with Crippen molar-refractivity contribution in [3.63, 3.8) is 0 Å². The monoisotopic (exact) mass is 990 g/mol. The van der Waals surface area contributed by atoms with E-state index < -0.39 is 19.0 Å². The predicted octanol–water partition coefficient (Wildman–Crippen LogP) is 20.7. The molecule has 3 rings (SSSR count). The van der Waals surface area contributed by atoms with Crippen molar-refractivity contribution in [2.75, 3.05) is 0 Å². The molecule has 0 radical (unpaired) electrons. The number of benzene rings is 2. The zero-order valence-electron chi connectivity index (χ0n) is 48.0. The van der Waals surface area contributed by atoms with Crippen molar-refractivity contribution in [1.29, 1.82) is 0 Å². The highest BCUT2D eigenvalue weighted by atomic mass is 28.2. The molecule has 0 atom stereocenters. The molecule has 0 N–H and O–H groups in total. The van der Waals surface area contributed by atoms with E-state index in [2.05, 4.69) is 124 Å². The molecule has 0 spiro atoms. The van der Waals surface area contributed by atoms with Gasteiger partial charge in [-0.05, 0) is 84.2 Å². The number of pyridine rings is 1. The van der Waals surface area contributed by atoms with Gasteiger partial charge in [0.25, 0.3) is 0 Å². The second-order valence-electron chi connectivity index (χ2n) is 23.7. The van der Waals surface area contributed by atoms with Gasteiger partial charge in [-0.1, -0.05) is 289 Å². The number of hydrogen-bond acceptors (Lipinski definition) is 3. The van der Waals surface area contributed by atoms with Gasteiger partial charge in [-0.2, -0.15) is 0 Å². The lowest BCUT2D eigenvalue weighted by Crippen LogP contribution is -2.20. The van der Waals surface area contributed by atoms with E-state index in [4.69, 9.17) is 15.0 Å². The van der Waals surface area contributed by atoms with Gasteiger partial charge in [0.1, 0.15) is 0 Å². The number of rotatable bonds is 42. The van der Waals surface area contributed by atoms with Gasteiger partial charge in [-0.25, -0.2) is 4.98 Å². The van der Waals surface area contributed by atoms with Gasteiger partial charge in [-0.3, -0.25) is 9.98 Å². The van der Waals surface area contributed by atoms with Crippen LogP contribution in [0.2, 0.25) is 22.2 Å². The summed E-state index contributed by atoms with van der Waals surface area (Å²) in [6, 6.07) is 22.0. The summed E-state index contributed by atoms with van der Waals surface area (Å²) < 4.78 is 0. The average Bonchev–Trinajstić information content (AvgIpc) is 3.33. The molecule has 0 unspecified atom stereocenters. The largest absolute Gasteiger partial charge is 0.251 e. The van der Waals surface area contributed by atoms with Crippen molar-refractivity contribution in [1.82, 2.24) is 4.98 Å². The Morgan fingerprint density at radius 2 is 0.614 bits per heavy atom. The Kier molecular flexibility index (Phi) is 32.7. The van der Waals surface area contributed by atoms with Crippen LogP contribution in [-0.2, 0) is 0 Å². The summed E-state index contributed by atoms with van der Waals surface area (Å²) in [5.74, 6) is 0. The van der Waals surface area contributed by atoms with Crippen LogP contribution >= 0.6 is 0 Å². The molecule has 0 saturated heterocycles. The first-order chi connectivity index (χ1) is 33.9. The lowest BCUT2D eigenvalue weighted by molar-refractivity contribution is 0.508. The first kappa shape index (κ1) is 61.7. The van der Waals surface area contributed by atoms with Gasteiger partial charge in [0, 0.05) is 19.0 Å². The first-order valence-electron chi connectivity index (χ1n) is 30.1. The van der Waals surface area contributed by atoms with E-state index in [0.29, 0.717) is 10.1 Å². The number of unbranched alkanes of at least 4 members (excludes halogenated alkanes) is 28. The first-order valence-corrected chi connectivity index (χ1v) is 33.5.